The fraction of sp³-hybridized carbons (Fsp3) is 0.632. The number of nitrogens with one attached hydrogen (secondary N) is 1. The predicted molar refractivity (Wildman–Crippen MR) is 95.4 cm³/mol. The lowest BCUT2D eigenvalue weighted by atomic mass is 9.84. The first kappa shape index (κ1) is 21.7. The Morgan fingerprint density at radius 2 is 1.41 bits per heavy atom. The van der Waals surface area contributed by atoms with Gasteiger partial charge in [-0.25, -0.2) is 4.79 Å². The van der Waals surface area contributed by atoms with Crippen LogP contribution in [-0.2, 0) is 12.4 Å². The van der Waals surface area contributed by atoms with Gasteiger partial charge >= 0.3 is 18.4 Å². The summed E-state index contributed by atoms with van der Waals surface area (Å²) < 4.78 is 77.8. The minimum absolute atomic E-state index is 0.0433. The molecule has 10 heteroatoms. The highest BCUT2D eigenvalue weighted by atomic mass is 19.4. The Labute approximate surface area is 164 Å². The van der Waals surface area contributed by atoms with E-state index in [1.165, 1.54) is 4.90 Å². The van der Waals surface area contributed by atoms with E-state index in [0.717, 1.165) is 32.4 Å². The molecule has 0 unspecified atom stereocenters. The van der Waals surface area contributed by atoms with Crippen molar-refractivity contribution in [2.24, 2.45) is 11.8 Å². The van der Waals surface area contributed by atoms with Crippen molar-refractivity contribution in [1.29, 1.82) is 0 Å². The molecule has 0 bridgehead atoms. The number of likely N-dealkylation sites (tertiary alicyclic amines) is 2. The second kappa shape index (κ2) is 8.04. The summed E-state index contributed by atoms with van der Waals surface area (Å²) in [4.78, 5) is 16.2. The van der Waals surface area contributed by atoms with Crippen molar-refractivity contribution in [3.8, 4) is 0 Å². The molecule has 3 rings (SSSR count). The second-order valence-electron chi connectivity index (χ2n) is 7.86. The van der Waals surface area contributed by atoms with Gasteiger partial charge in [0, 0.05) is 18.8 Å². The van der Waals surface area contributed by atoms with Gasteiger partial charge < -0.3 is 15.1 Å². The fourth-order valence-electron chi connectivity index (χ4n) is 4.09. The molecule has 2 aliphatic heterocycles. The summed E-state index contributed by atoms with van der Waals surface area (Å²) in [6, 6.07) is 0.421. The third kappa shape index (κ3) is 5.34. The molecule has 1 aromatic carbocycles. The van der Waals surface area contributed by atoms with Gasteiger partial charge in [0.1, 0.15) is 0 Å². The Hall–Kier alpha value is -1.97. The van der Waals surface area contributed by atoms with Crippen LogP contribution < -0.4 is 5.32 Å². The van der Waals surface area contributed by atoms with Crippen LogP contribution in [0, 0.1) is 11.8 Å². The summed E-state index contributed by atoms with van der Waals surface area (Å²) in [5.74, 6) is 0.788. The topological polar surface area (TPSA) is 35.6 Å². The molecule has 1 N–H and O–H groups in total. The molecule has 2 aliphatic rings. The number of hydrogen-bond donors (Lipinski definition) is 1. The molecule has 2 fully saturated rings. The number of halogens is 6. The minimum Gasteiger partial charge on any atom is -0.324 e. The van der Waals surface area contributed by atoms with Crippen molar-refractivity contribution in [2.75, 3.05) is 38.5 Å². The quantitative estimate of drug-likeness (QED) is 0.686. The molecule has 4 nitrogen and oxygen atoms in total. The summed E-state index contributed by atoms with van der Waals surface area (Å²) in [6.07, 6.45) is -7.06. The lowest BCUT2D eigenvalue weighted by molar-refractivity contribution is -0.143. The molecule has 162 valence electrons. The van der Waals surface area contributed by atoms with E-state index in [2.05, 4.69) is 17.3 Å². The molecule has 2 saturated heterocycles. The van der Waals surface area contributed by atoms with Crippen LogP contribution in [0.25, 0.3) is 0 Å². The standard InChI is InChI=1S/C19H23F6N3O/c1-27-5-2-12(3-6-27)13-4-7-28(11-13)17(29)26-16-9-14(18(20,21)22)8-15(10-16)19(23,24)25/h8-10,12-13H,2-7,11H2,1H3,(H,26,29)/t13-/m0/s1. The van der Waals surface area contributed by atoms with Gasteiger partial charge in [-0.05, 0) is 69.4 Å². The van der Waals surface area contributed by atoms with Gasteiger partial charge in [0.05, 0.1) is 11.1 Å². The number of nitrogens with zero attached hydrogens (tertiary/aromatic N) is 2. The molecule has 0 radical (unpaired) electrons. The Balaban J connectivity index is 1.69. The van der Waals surface area contributed by atoms with E-state index in [9.17, 15) is 31.1 Å². The molecule has 2 amide bonds. The number of carbonyl (C=O) groups excluding carboxylic acids is 1. The first-order valence-electron chi connectivity index (χ1n) is 9.47. The molecule has 29 heavy (non-hydrogen) atoms. The average molecular weight is 423 g/mol. The second-order valence-corrected chi connectivity index (χ2v) is 7.86. The van der Waals surface area contributed by atoms with Gasteiger partial charge in [-0.15, -0.1) is 0 Å². The van der Waals surface area contributed by atoms with Gasteiger partial charge in [0.25, 0.3) is 0 Å². The van der Waals surface area contributed by atoms with E-state index in [1.807, 2.05) is 0 Å². The molecule has 0 saturated carbocycles. The highest BCUT2D eigenvalue weighted by molar-refractivity contribution is 5.89. The number of amides is 2. The molecule has 1 atom stereocenters. The number of urea groups is 1. The van der Waals surface area contributed by atoms with Crippen LogP contribution in [0.4, 0.5) is 36.8 Å². The van der Waals surface area contributed by atoms with Crippen LogP contribution >= 0.6 is 0 Å². The molecule has 0 aliphatic carbocycles. The third-order valence-corrected chi connectivity index (χ3v) is 5.78. The van der Waals surface area contributed by atoms with E-state index in [0.29, 0.717) is 37.1 Å². The normalized spacial score (nSPS) is 22.2. The van der Waals surface area contributed by atoms with Crippen LogP contribution in [0.1, 0.15) is 30.4 Å². The summed E-state index contributed by atoms with van der Waals surface area (Å²) >= 11 is 0. The van der Waals surface area contributed by atoms with Crippen molar-refractivity contribution in [1.82, 2.24) is 9.80 Å². The van der Waals surface area contributed by atoms with Crippen LogP contribution in [0.3, 0.4) is 0 Å². The molecule has 1 aromatic rings. The zero-order valence-corrected chi connectivity index (χ0v) is 15.9. The summed E-state index contributed by atoms with van der Waals surface area (Å²) in [7, 11) is 2.05. The molecular weight excluding hydrogens is 400 g/mol. The highest BCUT2D eigenvalue weighted by Crippen LogP contribution is 2.38. The SMILES string of the molecule is CN1CCC([C@H]2CCN(C(=O)Nc3cc(C(F)(F)F)cc(C(F)(F)F)c3)C2)CC1. The van der Waals surface area contributed by atoms with Gasteiger partial charge in [0.2, 0.25) is 0 Å². The van der Waals surface area contributed by atoms with Crippen LogP contribution in [0.2, 0.25) is 0 Å². The first-order chi connectivity index (χ1) is 13.4. The summed E-state index contributed by atoms with van der Waals surface area (Å²) in [6.45, 7) is 2.87. The monoisotopic (exact) mass is 423 g/mol. The maximum Gasteiger partial charge on any atom is 0.416 e. The van der Waals surface area contributed by atoms with Crippen LogP contribution in [0.15, 0.2) is 18.2 Å². The number of piperidine rings is 1. The number of alkyl halides is 6. The van der Waals surface area contributed by atoms with Gasteiger partial charge in [-0.2, -0.15) is 26.3 Å². The van der Waals surface area contributed by atoms with Crippen molar-refractivity contribution in [3.05, 3.63) is 29.3 Å². The van der Waals surface area contributed by atoms with Crippen molar-refractivity contribution in [2.45, 2.75) is 31.6 Å². The van der Waals surface area contributed by atoms with Gasteiger partial charge in [-0.1, -0.05) is 0 Å². The van der Waals surface area contributed by atoms with Gasteiger partial charge in [0.15, 0.2) is 0 Å². The molecule has 0 aromatic heterocycles. The van der Waals surface area contributed by atoms with E-state index >= 15 is 0 Å². The number of carbonyl (C=O) groups is 1. The Morgan fingerprint density at radius 3 is 1.93 bits per heavy atom. The maximum atomic E-state index is 13.0. The highest BCUT2D eigenvalue weighted by Gasteiger charge is 2.38. The Kier molecular flexibility index (Phi) is 6.03. The van der Waals surface area contributed by atoms with Crippen LogP contribution in [-0.4, -0.2) is 49.1 Å². The zero-order valence-electron chi connectivity index (χ0n) is 15.9. The first-order valence-corrected chi connectivity index (χ1v) is 9.47. The number of hydrogen-bond acceptors (Lipinski definition) is 2. The molecular formula is C19H23F6N3O. The van der Waals surface area contributed by atoms with Gasteiger partial charge in [-0.3, -0.25) is 0 Å². The Bertz CT molecular complexity index is 708. The predicted octanol–water partition coefficient (Wildman–Crippen LogP) is 4.92. The lowest BCUT2D eigenvalue weighted by Crippen LogP contribution is -2.36. The number of anilines is 1. The summed E-state index contributed by atoms with van der Waals surface area (Å²) in [5.41, 5.74) is -3.42. The maximum absolute atomic E-state index is 13.0. The van der Waals surface area contributed by atoms with E-state index in [1.54, 1.807) is 0 Å². The van der Waals surface area contributed by atoms with E-state index in [4.69, 9.17) is 0 Å². The minimum atomic E-state index is -4.95. The Morgan fingerprint density at radius 1 is 0.897 bits per heavy atom. The number of benzene rings is 1. The smallest absolute Gasteiger partial charge is 0.324 e. The lowest BCUT2D eigenvalue weighted by Gasteiger charge is -2.32. The van der Waals surface area contributed by atoms with Crippen molar-refractivity contribution >= 4 is 11.7 Å². The zero-order chi connectivity index (χ0) is 21.4. The summed E-state index contributed by atoms with van der Waals surface area (Å²) in [5, 5.41) is 2.22. The number of rotatable bonds is 2. The van der Waals surface area contributed by atoms with E-state index in [-0.39, 0.29) is 6.07 Å². The average Bonchev–Trinajstić information content (AvgIpc) is 3.11. The third-order valence-electron chi connectivity index (χ3n) is 5.78. The van der Waals surface area contributed by atoms with Crippen molar-refractivity contribution in [3.63, 3.8) is 0 Å². The largest absolute Gasteiger partial charge is 0.416 e. The van der Waals surface area contributed by atoms with E-state index < -0.39 is 35.2 Å². The van der Waals surface area contributed by atoms with Crippen LogP contribution in [0.5, 0.6) is 0 Å². The molecule has 2 heterocycles. The molecule has 0 spiro atoms. The van der Waals surface area contributed by atoms with Crippen molar-refractivity contribution < 1.29 is 31.1 Å². The fourth-order valence-corrected chi connectivity index (χ4v) is 4.09.